The smallest absolute Gasteiger partial charge is 0.271 e. The van der Waals surface area contributed by atoms with Crippen LogP contribution in [0, 0.1) is 16.0 Å². The zero-order valence-electron chi connectivity index (χ0n) is 18.9. The normalized spacial score (nSPS) is 21.3. The molecule has 0 aromatic heterocycles. The second kappa shape index (κ2) is 8.73. The predicted octanol–water partition coefficient (Wildman–Crippen LogP) is 3.66. The van der Waals surface area contributed by atoms with Crippen LogP contribution >= 0.6 is 0 Å². The Hall–Kier alpha value is -4.44. The second-order valence-electron chi connectivity index (χ2n) is 8.05. The highest BCUT2D eigenvalue weighted by molar-refractivity contribution is 6.24. The number of imide groups is 1. The van der Waals surface area contributed by atoms with Gasteiger partial charge in [-0.25, -0.2) is 9.96 Å². The third-order valence-electron chi connectivity index (χ3n) is 6.18. The zero-order chi connectivity index (χ0) is 24.7. The Morgan fingerprint density at radius 1 is 0.886 bits per heavy atom. The minimum absolute atomic E-state index is 0.124. The van der Waals surface area contributed by atoms with Crippen molar-refractivity contribution < 1.29 is 28.8 Å². The van der Waals surface area contributed by atoms with Crippen molar-refractivity contribution in [2.24, 2.45) is 5.92 Å². The Morgan fingerprint density at radius 3 is 2.31 bits per heavy atom. The highest BCUT2D eigenvalue weighted by atomic mass is 16.7. The molecule has 3 unspecified atom stereocenters. The number of nitro benzene ring substituents is 1. The fraction of sp³-hybridized carbons (Fsp3) is 0.200. The van der Waals surface area contributed by atoms with Crippen LogP contribution in [0.4, 0.5) is 17.1 Å². The molecule has 0 aliphatic carbocycles. The fourth-order valence-electron chi connectivity index (χ4n) is 4.59. The van der Waals surface area contributed by atoms with Gasteiger partial charge in [0, 0.05) is 23.8 Å². The van der Waals surface area contributed by atoms with Crippen molar-refractivity contribution in [2.45, 2.75) is 12.1 Å². The first-order valence-electron chi connectivity index (χ1n) is 10.8. The number of anilines is 2. The lowest BCUT2D eigenvalue weighted by atomic mass is 9.90. The molecule has 3 aromatic rings. The molecule has 2 heterocycles. The van der Waals surface area contributed by atoms with E-state index < -0.39 is 34.8 Å². The average molecular weight is 475 g/mol. The maximum atomic E-state index is 13.7. The first kappa shape index (κ1) is 22.4. The van der Waals surface area contributed by atoms with Crippen LogP contribution in [-0.2, 0) is 14.4 Å². The number of carbonyl (C=O) groups excluding carboxylic acids is 2. The van der Waals surface area contributed by atoms with E-state index in [0.29, 0.717) is 22.7 Å². The van der Waals surface area contributed by atoms with E-state index in [1.54, 1.807) is 23.3 Å². The Morgan fingerprint density at radius 2 is 1.63 bits per heavy atom. The topological polar surface area (TPSA) is 111 Å². The summed E-state index contributed by atoms with van der Waals surface area (Å²) < 4.78 is 10.9. The van der Waals surface area contributed by atoms with Gasteiger partial charge in [-0.15, -0.1) is 0 Å². The van der Waals surface area contributed by atoms with Crippen molar-refractivity contribution in [1.82, 2.24) is 0 Å². The van der Waals surface area contributed by atoms with E-state index in [-0.39, 0.29) is 11.4 Å². The standard InChI is InChI=1S/C25H21N3O7/c1-33-18-11-12-19(20(14-18)34-2)22-21-23(35-27(22)15-7-4-3-5-8-15)25(30)26(24(21)29)16-9-6-10-17(13-16)28(31)32/h3-14,21-23H,1-2H3. The number of hydrogen-bond donors (Lipinski definition) is 0. The van der Waals surface area contributed by atoms with E-state index in [4.69, 9.17) is 14.3 Å². The molecule has 0 spiro atoms. The summed E-state index contributed by atoms with van der Waals surface area (Å²) in [7, 11) is 3.05. The highest BCUT2D eigenvalue weighted by Gasteiger charge is 2.60. The van der Waals surface area contributed by atoms with Crippen molar-refractivity contribution in [3.63, 3.8) is 0 Å². The number of carbonyl (C=O) groups is 2. The molecule has 10 nitrogen and oxygen atoms in total. The lowest BCUT2D eigenvalue weighted by molar-refractivity contribution is -0.384. The third kappa shape index (κ3) is 3.64. The largest absolute Gasteiger partial charge is 0.497 e. The van der Waals surface area contributed by atoms with Gasteiger partial charge in [-0.3, -0.25) is 24.5 Å². The molecule has 0 N–H and O–H groups in total. The number of nitrogens with zero attached hydrogens (tertiary/aromatic N) is 3. The molecule has 2 amide bonds. The Kier molecular flexibility index (Phi) is 5.58. The minimum atomic E-state index is -1.11. The van der Waals surface area contributed by atoms with Crippen molar-refractivity contribution in [3.05, 3.63) is 88.5 Å². The average Bonchev–Trinajstić information content (AvgIpc) is 3.39. The molecule has 2 aliphatic heterocycles. The van der Waals surface area contributed by atoms with Crippen LogP contribution in [0.5, 0.6) is 11.5 Å². The zero-order valence-corrected chi connectivity index (χ0v) is 18.9. The van der Waals surface area contributed by atoms with Crippen molar-refractivity contribution in [3.8, 4) is 11.5 Å². The first-order valence-corrected chi connectivity index (χ1v) is 10.8. The number of benzene rings is 3. The summed E-state index contributed by atoms with van der Waals surface area (Å²) in [5.41, 5.74) is 1.19. The molecule has 2 fully saturated rings. The van der Waals surface area contributed by atoms with Crippen LogP contribution in [0.25, 0.3) is 0 Å². The summed E-state index contributed by atoms with van der Waals surface area (Å²) in [4.78, 5) is 44.9. The van der Waals surface area contributed by atoms with Crippen LogP contribution in [0.15, 0.2) is 72.8 Å². The van der Waals surface area contributed by atoms with Crippen molar-refractivity contribution >= 4 is 28.9 Å². The van der Waals surface area contributed by atoms with E-state index >= 15 is 0 Å². The number of rotatable bonds is 6. The lowest BCUT2D eigenvalue weighted by Crippen LogP contribution is -2.37. The summed E-state index contributed by atoms with van der Waals surface area (Å²) in [5.74, 6) is -0.976. The summed E-state index contributed by atoms with van der Waals surface area (Å²) >= 11 is 0. The van der Waals surface area contributed by atoms with E-state index in [1.165, 1.54) is 38.5 Å². The number of nitro groups is 1. The van der Waals surface area contributed by atoms with Crippen LogP contribution < -0.4 is 19.4 Å². The molecule has 35 heavy (non-hydrogen) atoms. The van der Waals surface area contributed by atoms with Crippen molar-refractivity contribution in [1.29, 1.82) is 0 Å². The maximum absolute atomic E-state index is 13.7. The van der Waals surface area contributed by atoms with Crippen LogP contribution in [0.1, 0.15) is 11.6 Å². The van der Waals surface area contributed by atoms with Gasteiger partial charge in [0.05, 0.1) is 36.6 Å². The lowest BCUT2D eigenvalue weighted by Gasteiger charge is -2.29. The molecule has 3 atom stereocenters. The van der Waals surface area contributed by atoms with E-state index in [9.17, 15) is 19.7 Å². The third-order valence-corrected chi connectivity index (χ3v) is 6.18. The number of fused-ring (bicyclic) bond motifs is 1. The number of hydrogen-bond acceptors (Lipinski definition) is 8. The van der Waals surface area contributed by atoms with Crippen molar-refractivity contribution in [2.75, 3.05) is 24.2 Å². The second-order valence-corrected chi connectivity index (χ2v) is 8.05. The first-order chi connectivity index (χ1) is 16.9. The molecule has 2 aliphatic rings. The van der Waals surface area contributed by atoms with Gasteiger partial charge in [-0.05, 0) is 30.3 Å². The maximum Gasteiger partial charge on any atom is 0.271 e. The van der Waals surface area contributed by atoms with Crippen LogP contribution in [0.2, 0.25) is 0 Å². The fourth-order valence-corrected chi connectivity index (χ4v) is 4.59. The summed E-state index contributed by atoms with van der Waals surface area (Å²) in [5, 5.41) is 12.8. The van der Waals surface area contributed by atoms with Gasteiger partial charge >= 0.3 is 0 Å². The summed E-state index contributed by atoms with van der Waals surface area (Å²) in [6.07, 6.45) is -1.11. The molecule has 178 valence electrons. The van der Waals surface area contributed by atoms with Gasteiger partial charge in [0.15, 0.2) is 6.10 Å². The van der Waals surface area contributed by atoms with E-state index in [2.05, 4.69) is 0 Å². The quantitative estimate of drug-likeness (QED) is 0.302. The van der Waals surface area contributed by atoms with Crippen LogP contribution in [0.3, 0.4) is 0 Å². The number of amides is 2. The Balaban J connectivity index is 1.61. The molecule has 3 aromatic carbocycles. The van der Waals surface area contributed by atoms with Gasteiger partial charge in [0.1, 0.15) is 17.4 Å². The number of non-ortho nitro benzene ring substituents is 1. The van der Waals surface area contributed by atoms with Gasteiger partial charge < -0.3 is 9.47 Å². The molecule has 5 rings (SSSR count). The minimum Gasteiger partial charge on any atom is -0.497 e. The monoisotopic (exact) mass is 475 g/mol. The number of ether oxygens (including phenoxy) is 2. The highest BCUT2D eigenvalue weighted by Crippen LogP contribution is 2.50. The predicted molar refractivity (Wildman–Crippen MR) is 125 cm³/mol. The summed E-state index contributed by atoms with van der Waals surface area (Å²) in [6, 6.07) is 19.1. The Labute approximate surface area is 200 Å². The Bertz CT molecular complexity index is 1310. The van der Waals surface area contributed by atoms with E-state index in [1.807, 2.05) is 30.3 Å². The molecule has 2 saturated heterocycles. The number of para-hydroxylation sites is 1. The van der Waals surface area contributed by atoms with E-state index in [0.717, 1.165) is 4.90 Å². The number of methoxy groups -OCH3 is 2. The van der Waals surface area contributed by atoms with Crippen LogP contribution in [-0.4, -0.2) is 37.1 Å². The van der Waals surface area contributed by atoms with Gasteiger partial charge in [-0.2, -0.15) is 0 Å². The molecule has 0 bridgehead atoms. The van der Waals surface area contributed by atoms with Gasteiger partial charge in [0.25, 0.3) is 11.6 Å². The molecular weight excluding hydrogens is 454 g/mol. The molecule has 0 saturated carbocycles. The molecule has 0 radical (unpaired) electrons. The SMILES string of the molecule is COc1ccc(C2C3C(=O)N(c4cccc([N+](=O)[O-])c4)C(=O)C3ON2c2ccccc2)c(OC)c1. The molecular formula is C25H21N3O7. The molecule has 10 heteroatoms. The van der Waals surface area contributed by atoms with Gasteiger partial charge in [0.2, 0.25) is 5.91 Å². The van der Waals surface area contributed by atoms with Gasteiger partial charge in [-0.1, -0.05) is 24.3 Å². The number of hydroxylamine groups is 1. The summed E-state index contributed by atoms with van der Waals surface area (Å²) in [6.45, 7) is 0.